The summed E-state index contributed by atoms with van der Waals surface area (Å²) in [4.78, 5) is 3.90. The summed E-state index contributed by atoms with van der Waals surface area (Å²) in [5, 5.41) is 0.834. The molecular weight excluding hydrogens is 180 g/mol. The second-order valence-corrected chi connectivity index (χ2v) is 2.29. The van der Waals surface area contributed by atoms with Gasteiger partial charge in [0.1, 0.15) is 5.82 Å². The fourth-order valence-electron chi connectivity index (χ4n) is 0.515. The molecule has 1 aromatic heterocycles. The number of nitrogens with zero attached hydrogens (tertiary/aromatic N) is 1. The summed E-state index contributed by atoms with van der Waals surface area (Å²) in [6.07, 6.45) is 1.75. The van der Waals surface area contributed by atoms with Crippen molar-refractivity contribution < 1.29 is 0 Å². The largest absolute Gasteiger partial charge is 0.384 e. The third kappa shape index (κ3) is 1.68. The van der Waals surface area contributed by atoms with Gasteiger partial charge in [-0.05, 0) is 11.6 Å². The first-order valence-electron chi connectivity index (χ1n) is 2.59. The number of nitrogen functional groups attached to an aromatic ring is 1. The van der Waals surface area contributed by atoms with E-state index in [4.69, 9.17) is 5.73 Å². The van der Waals surface area contributed by atoms with Crippen LogP contribution in [0.4, 0.5) is 5.82 Å². The van der Waals surface area contributed by atoms with Gasteiger partial charge in [-0.25, -0.2) is 4.98 Å². The molecule has 48 valence electrons. The number of pyridine rings is 1. The Bertz CT molecular complexity index is 183. The molecule has 0 fully saturated rings. The Balaban J connectivity index is 2.88. The van der Waals surface area contributed by atoms with Gasteiger partial charge in [0.15, 0.2) is 0 Å². The monoisotopic (exact) mass is 186 g/mol. The van der Waals surface area contributed by atoms with Crippen LogP contribution in [0.1, 0.15) is 5.56 Å². The first-order chi connectivity index (χ1) is 4.33. The molecule has 0 spiro atoms. The molecule has 0 saturated heterocycles. The smallest absolute Gasteiger partial charge is 0.123 e. The highest BCUT2D eigenvalue weighted by Crippen LogP contribution is 2.04. The lowest BCUT2D eigenvalue weighted by Gasteiger charge is -1.92. The molecule has 2 N–H and O–H groups in total. The van der Waals surface area contributed by atoms with Crippen LogP contribution in [-0.4, -0.2) is 4.98 Å². The Morgan fingerprint density at radius 1 is 1.56 bits per heavy atom. The Kier molecular flexibility index (Phi) is 2.05. The van der Waals surface area contributed by atoms with Gasteiger partial charge < -0.3 is 5.73 Å². The van der Waals surface area contributed by atoms with Crippen molar-refractivity contribution in [2.45, 2.75) is 5.33 Å². The van der Waals surface area contributed by atoms with Crippen molar-refractivity contribution in [2.75, 3.05) is 5.73 Å². The van der Waals surface area contributed by atoms with Crippen LogP contribution in [0.5, 0.6) is 0 Å². The number of halogens is 1. The number of alkyl halides is 1. The van der Waals surface area contributed by atoms with Gasteiger partial charge in [-0.3, -0.25) is 0 Å². The number of nitrogens with two attached hydrogens (primary N) is 1. The highest BCUT2D eigenvalue weighted by Gasteiger charge is 1.87. The average molecular weight is 187 g/mol. The van der Waals surface area contributed by atoms with E-state index < -0.39 is 0 Å². The Labute approximate surface area is 62.2 Å². The molecule has 2 nitrogen and oxygen atoms in total. The van der Waals surface area contributed by atoms with E-state index in [0.717, 1.165) is 10.9 Å². The third-order valence-corrected chi connectivity index (χ3v) is 1.65. The maximum Gasteiger partial charge on any atom is 0.123 e. The molecule has 1 aromatic rings. The first-order valence-corrected chi connectivity index (χ1v) is 3.71. The molecule has 0 aliphatic rings. The second-order valence-electron chi connectivity index (χ2n) is 1.72. The van der Waals surface area contributed by atoms with Gasteiger partial charge in [-0.15, -0.1) is 0 Å². The van der Waals surface area contributed by atoms with Gasteiger partial charge in [-0.2, -0.15) is 0 Å². The molecule has 1 heterocycles. The van der Waals surface area contributed by atoms with E-state index in [0.29, 0.717) is 5.82 Å². The molecule has 0 unspecified atom stereocenters. The molecule has 0 amide bonds. The zero-order valence-electron chi connectivity index (χ0n) is 4.84. The summed E-state index contributed by atoms with van der Waals surface area (Å²) in [6, 6.07) is 3.73. The fraction of sp³-hybridized carbons (Fsp3) is 0.167. The molecule has 0 bridgehead atoms. The topological polar surface area (TPSA) is 38.9 Å². The number of hydrogen-bond acceptors (Lipinski definition) is 2. The van der Waals surface area contributed by atoms with Crippen molar-refractivity contribution in [3.8, 4) is 0 Å². The van der Waals surface area contributed by atoms with Gasteiger partial charge in [-0.1, -0.05) is 22.0 Å². The third-order valence-electron chi connectivity index (χ3n) is 1.00. The van der Waals surface area contributed by atoms with Crippen molar-refractivity contribution in [2.24, 2.45) is 0 Å². The normalized spacial score (nSPS) is 9.44. The maximum absolute atomic E-state index is 5.35. The molecule has 0 aromatic carbocycles. The quantitative estimate of drug-likeness (QED) is 0.677. The van der Waals surface area contributed by atoms with Gasteiger partial charge in [0, 0.05) is 11.5 Å². The van der Waals surface area contributed by atoms with E-state index in [2.05, 4.69) is 20.9 Å². The van der Waals surface area contributed by atoms with Crippen LogP contribution in [-0.2, 0) is 5.33 Å². The lowest BCUT2D eigenvalue weighted by molar-refractivity contribution is 1.27. The fourth-order valence-corrected chi connectivity index (χ4v) is 0.847. The van der Waals surface area contributed by atoms with E-state index in [1.165, 1.54) is 0 Å². The maximum atomic E-state index is 5.35. The van der Waals surface area contributed by atoms with E-state index in [9.17, 15) is 0 Å². The highest BCUT2D eigenvalue weighted by molar-refractivity contribution is 9.08. The van der Waals surface area contributed by atoms with Crippen LogP contribution in [0.15, 0.2) is 18.3 Å². The molecule has 0 radical (unpaired) electrons. The summed E-state index contributed by atoms with van der Waals surface area (Å²) in [5.74, 6) is 0.569. The Morgan fingerprint density at radius 2 is 2.33 bits per heavy atom. The Hall–Kier alpha value is -0.570. The van der Waals surface area contributed by atoms with Crippen LogP contribution < -0.4 is 5.73 Å². The van der Waals surface area contributed by atoms with Crippen molar-refractivity contribution in [3.63, 3.8) is 0 Å². The van der Waals surface area contributed by atoms with Gasteiger partial charge in [0.05, 0.1) is 0 Å². The lowest BCUT2D eigenvalue weighted by Crippen LogP contribution is -1.88. The van der Waals surface area contributed by atoms with Crippen molar-refractivity contribution >= 4 is 21.7 Å². The first kappa shape index (κ1) is 6.55. The zero-order valence-corrected chi connectivity index (χ0v) is 6.43. The van der Waals surface area contributed by atoms with Crippen molar-refractivity contribution in [1.82, 2.24) is 4.98 Å². The van der Waals surface area contributed by atoms with Gasteiger partial charge in [0.25, 0.3) is 0 Å². The van der Waals surface area contributed by atoms with Crippen molar-refractivity contribution in [1.29, 1.82) is 0 Å². The van der Waals surface area contributed by atoms with Crippen LogP contribution in [0.25, 0.3) is 0 Å². The summed E-state index contributed by atoms with van der Waals surface area (Å²) in [5.41, 5.74) is 6.50. The molecule has 0 aliphatic carbocycles. The second kappa shape index (κ2) is 2.82. The van der Waals surface area contributed by atoms with Crippen LogP contribution in [0.2, 0.25) is 0 Å². The SMILES string of the molecule is Nc1ccc(CBr)cn1. The summed E-state index contributed by atoms with van der Waals surface area (Å²) in [7, 11) is 0. The highest BCUT2D eigenvalue weighted by atomic mass is 79.9. The van der Waals surface area contributed by atoms with E-state index >= 15 is 0 Å². The summed E-state index contributed by atoms with van der Waals surface area (Å²) < 4.78 is 0. The minimum atomic E-state index is 0.569. The molecule has 1 rings (SSSR count). The van der Waals surface area contributed by atoms with Crippen LogP contribution in [0, 0.1) is 0 Å². The molecule has 0 saturated carbocycles. The molecule has 9 heavy (non-hydrogen) atoms. The minimum Gasteiger partial charge on any atom is -0.384 e. The molecule has 0 aliphatic heterocycles. The van der Waals surface area contributed by atoms with E-state index in [1.807, 2.05) is 6.07 Å². The average Bonchev–Trinajstić information content (AvgIpc) is 1.90. The predicted octanol–water partition coefficient (Wildman–Crippen LogP) is 1.56. The number of rotatable bonds is 1. The van der Waals surface area contributed by atoms with Crippen molar-refractivity contribution in [3.05, 3.63) is 23.9 Å². The molecule has 0 atom stereocenters. The number of aromatic nitrogens is 1. The van der Waals surface area contributed by atoms with Gasteiger partial charge in [0.2, 0.25) is 0 Å². The summed E-state index contributed by atoms with van der Waals surface area (Å²) in [6.45, 7) is 0. The summed E-state index contributed by atoms with van der Waals surface area (Å²) >= 11 is 3.30. The Morgan fingerprint density at radius 3 is 2.78 bits per heavy atom. The number of anilines is 1. The molecule has 3 heteroatoms. The van der Waals surface area contributed by atoms with Crippen LogP contribution in [0.3, 0.4) is 0 Å². The minimum absolute atomic E-state index is 0.569. The van der Waals surface area contributed by atoms with Gasteiger partial charge >= 0.3 is 0 Å². The molecular formula is C6H7BrN2. The van der Waals surface area contributed by atoms with E-state index in [1.54, 1.807) is 12.3 Å². The zero-order chi connectivity index (χ0) is 6.69. The van der Waals surface area contributed by atoms with E-state index in [-0.39, 0.29) is 0 Å². The standard InChI is InChI=1S/C6H7BrN2/c7-3-5-1-2-6(8)9-4-5/h1-2,4H,3H2,(H2,8,9). The lowest BCUT2D eigenvalue weighted by atomic mass is 10.3. The number of hydrogen-bond donors (Lipinski definition) is 1. The van der Waals surface area contributed by atoms with Crippen LogP contribution >= 0.6 is 15.9 Å². The predicted molar refractivity (Wildman–Crippen MR) is 41.3 cm³/mol.